The zero-order valence-corrected chi connectivity index (χ0v) is 18.6. The molecule has 0 aliphatic carbocycles. The van der Waals surface area contributed by atoms with Crippen molar-refractivity contribution < 1.29 is 19.0 Å². The van der Waals surface area contributed by atoms with Gasteiger partial charge in [0, 0.05) is 39.4 Å². The first-order chi connectivity index (χ1) is 15.4. The molecule has 2 aromatic heterocycles. The molecule has 10 heteroatoms. The number of aromatic nitrogens is 3. The third-order valence-corrected chi connectivity index (χ3v) is 6.49. The maximum Gasteiger partial charge on any atom is 0.274 e. The smallest absolute Gasteiger partial charge is 0.274 e. The monoisotopic (exact) mass is 458 g/mol. The number of ether oxygens (including phenoxy) is 1. The molecule has 0 radical (unpaired) electrons. The summed E-state index contributed by atoms with van der Waals surface area (Å²) in [6.45, 7) is 3.25. The van der Waals surface area contributed by atoms with Crippen LogP contribution in [0.3, 0.4) is 0 Å². The summed E-state index contributed by atoms with van der Waals surface area (Å²) in [6, 6.07) is 5.98. The van der Waals surface area contributed by atoms with Crippen LogP contribution in [-0.2, 0) is 17.7 Å². The minimum Gasteiger partial charge on any atom is -0.503 e. The van der Waals surface area contributed by atoms with Gasteiger partial charge < -0.3 is 19.3 Å². The number of likely N-dealkylation sites (N-methyl/N-ethyl adjacent to an activating group) is 1. The summed E-state index contributed by atoms with van der Waals surface area (Å²) in [5, 5.41) is 19.9. The Labute approximate surface area is 187 Å². The van der Waals surface area contributed by atoms with Crippen molar-refractivity contribution in [3.8, 4) is 16.3 Å². The fourth-order valence-corrected chi connectivity index (χ4v) is 4.79. The largest absolute Gasteiger partial charge is 0.503 e. The van der Waals surface area contributed by atoms with E-state index in [1.54, 1.807) is 34.9 Å². The summed E-state index contributed by atoms with van der Waals surface area (Å²) < 4.78 is 19.9. The summed E-state index contributed by atoms with van der Waals surface area (Å²) in [7, 11) is 1.61. The summed E-state index contributed by atoms with van der Waals surface area (Å²) >= 11 is 1.22. The highest BCUT2D eigenvalue weighted by Crippen LogP contribution is 2.29. The van der Waals surface area contributed by atoms with E-state index in [0.29, 0.717) is 42.6 Å². The standard InChI is InChI=1S/C22H23FN4O4S/c1-3-27-15(8-9-31-2)11-26-12-16(19(28)20(29)18(26)22(27)30)21-25-24-17(32-21)10-13-4-6-14(23)7-5-13/h4-7,12,15,29H,3,8-11H2,1-2H3/t15-/m1/s1. The maximum absolute atomic E-state index is 13.1. The Balaban J connectivity index is 1.68. The lowest BCUT2D eigenvalue weighted by molar-refractivity contribution is 0.0541. The molecule has 1 aliphatic heterocycles. The van der Waals surface area contributed by atoms with Gasteiger partial charge in [-0.15, -0.1) is 10.2 Å². The lowest BCUT2D eigenvalue weighted by Crippen LogP contribution is -2.49. The Bertz CT molecular complexity index is 1190. The number of pyridine rings is 1. The molecule has 168 valence electrons. The molecule has 3 aromatic rings. The van der Waals surface area contributed by atoms with Crippen LogP contribution in [-0.4, -0.2) is 57.0 Å². The van der Waals surface area contributed by atoms with Crippen LogP contribution in [0.25, 0.3) is 10.6 Å². The van der Waals surface area contributed by atoms with Crippen molar-refractivity contribution >= 4 is 17.2 Å². The molecule has 0 unspecified atom stereocenters. The molecule has 1 amide bonds. The molecule has 1 aliphatic rings. The van der Waals surface area contributed by atoms with Crippen molar-refractivity contribution in [2.24, 2.45) is 0 Å². The average Bonchev–Trinajstić information content (AvgIpc) is 3.24. The molecule has 3 heterocycles. The Morgan fingerprint density at radius 2 is 2.00 bits per heavy atom. The summed E-state index contributed by atoms with van der Waals surface area (Å²) in [5.41, 5.74) is 0.397. The van der Waals surface area contributed by atoms with Crippen LogP contribution < -0.4 is 5.43 Å². The number of benzene rings is 1. The van der Waals surface area contributed by atoms with Crippen LogP contribution in [0.4, 0.5) is 4.39 Å². The molecule has 1 aromatic carbocycles. The first kappa shape index (κ1) is 22.1. The maximum atomic E-state index is 13.1. The van der Waals surface area contributed by atoms with Gasteiger partial charge in [-0.3, -0.25) is 9.59 Å². The van der Waals surface area contributed by atoms with Crippen molar-refractivity contribution in [3.05, 3.63) is 62.8 Å². The van der Waals surface area contributed by atoms with Crippen LogP contribution in [0.1, 0.15) is 34.4 Å². The predicted molar refractivity (Wildman–Crippen MR) is 117 cm³/mol. The summed E-state index contributed by atoms with van der Waals surface area (Å²) in [6.07, 6.45) is 2.65. The van der Waals surface area contributed by atoms with E-state index in [9.17, 15) is 19.1 Å². The van der Waals surface area contributed by atoms with E-state index >= 15 is 0 Å². The second-order valence-corrected chi connectivity index (χ2v) is 8.61. The molecular weight excluding hydrogens is 435 g/mol. The number of hydrogen-bond acceptors (Lipinski definition) is 7. The molecule has 32 heavy (non-hydrogen) atoms. The lowest BCUT2D eigenvalue weighted by atomic mass is 10.1. The number of carbonyl (C=O) groups is 1. The van der Waals surface area contributed by atoms with E-state index < -0.39 is 11.2 Å². The molecule has 0 spiro atoms. The summed E-state index contributed by atoms with van der Waals surface area (Å²) in [5.74, 6) is -1.27. The van der Waals surface area contributed by atoms with E-state index in [4.69, 9.17) is 4.74 Å². The number of carbonyl (C=O) groups excluding carboxylic acids is 1. The number of methoxy groups -OCH3 is 1. The number of halogens is 1. The van der Waals surface area contributed by atoms with Gasteiger partial charge in [0.05, 0.1) is 11.6 Å². The summed E-state index contributed by atoms with van der Waals surface area (Å²) in [4.78, 5) is 27.5. The topological polar surface area (TPSA) is 97.5 Å². The van der Waals surface area contributed by atoms with Crippen LogP contribution in [0.15, 0.2) is 35.3 Å². The Hall–Kier alpha value is -3.11. The normalized spacial score (nSPS) is 15.8. The van der Waals surface area contributed by atoms with Crippen molar-refractivity contribution in [1.82, 2.24) is 19.7 Å². The SMILES string of the molecule is CCN1C(=O)c2c(O)c(=O)c(-c3nnc(Cc4ccc(F)cc4)s3)cn2C[C@H]1CCOC. The third-order valence-electron chi connectivity index (χ3n) is 5.53. The first-order valence-corrected chi connectivity index (χ1v) is 11.1. The number of hydrogen-bond donors (Lipinski definition) is 1. The highest BCUT2D eigenvalue weighted by molar-refractivity contribution is 7.14. The molecule has 4 rings (SSSR count). The highest BCUT2D eigenvalue weighted by atomic mass is 32.1. The minimum absolute atomic E-state index is 0.00897. The van der Waals surface area contributed by atoms with Gasteiger partial charge in [0.25, 0.3) is 5.91 Å². The van der Waals surface area contributed by atoms with E-state index in [1.807, 2.05) is 6.92 Å². The van der Waals surface area contributed by atoms with Gasteiger partial charge >= 0.3 is 0 Å². The van der Waals surface area contributed by atoms with E-state index in [0.717, 1.165) is 5.56 Å². The number of fused-ring (bicyclic) bond motifs is 1. The molecule has 0 saturated heterocycles. The van der Waals surface area contributed by atoms with Gasteiger partial charge in [-0.1, -0.05) is 23.5 Å². The Morgan fingerprint density at radius 1 is 1.25 bits per heavy atom. The Kier molecular flexibility index (Phi) is 6.33. The molecule has 1 N–H and O–H groups in total. The predicted octanol–water partition coefficient (Wildman–Crippen LogP) is 2.68. The quantitative estimate of drug-likeness (QED) is 0.585. The van der Waals surface area contributed by atoms with Crippen molar-refractivity contribution in [1.29, 1.82) is 0 Å². The highest BCUT2D eigenvalue weighted by Gasteiger charge is 2.35. The van der Waals surface area contributed by atoms with Crippen LogP contribution >= 0.6 is 11.3 Å². The Morgan fingerprint density at radius 3 is 2.69 bits per heavy atom. The van der Waals surface area contributed by atoms with E-state index in [2.05, 4.69) is 10.2 Å². The fraction of sp³-hybridized carbons (Fsp3) is 0.364. The first-order valence-electron chi connectivity index (χ1n) is 10.3. The zero-order valence-electron chi connectivity index (χ0n) is 17.7. The van der Waals surface area contributed by atoms with Crippen LogP contribution in [0.2, 0.25) is 0 Å². The number of amides is 1. The number of rotatable bonds is 7. The number of aromatic hydroxyl groups is 1. The molecule has 8 nitrogen and oxygen atoms in total. The fourth-order valence-electron chi connectivity index (χ4n) is 3.91. The van der Waals surface area contributed by atoms with Crippen molar-refractivity contribution in [2.75, 3.05) is 20.3 Å². The number of nitrogens with zero attached hydrogens (tertiary/aromatic N) is 4. The molecule has 0 bridgehead atoms. The second-order valence-electron chi connectivity index (χ2n) is 7.55. The van der Waals surface area contributed by atoms with Gasteiger partial charge in [0.2, 0.25) is 5.43 Å². The van der Waals surface area contributed by atoms with E-state index in [1.165, 1.54) is 23.5 Å². The molecule has 0 saturated carbocycles. The molecule has 0 fully saturated rings. The average molecular weight is 459 g/mol. The second kappa shape index (κ2) is 9.17. The van der Waals surface area contributed by atoms with Gasteiger partial charge in [0.15, 0.2) is 16.5 Å². The third kappa shape index (κ3) is 4.15. The lowest BCUT2D eigenvalue weighted by Gasteiger charge is -2.37. The van der Waals surface area contributed by atoms with Gasteiger partial charge in [0.1, 0.15) is 10.8 Å². The van der Waals surface area contributed by atoms with Gasteiger partial charge in [-0.25, -0.2) is 4.39 Å². The molecular formula is C22H23FN4O4S. The van der Waals surface area contributed by atoms with Gasteiger partial charge in [-0.05, 0) is 31.0 Å². The minimum atomic E-state index is -0.652. The van der Waals surface area contributed by atoms with Crippen molar-refractivity contribution in [3.63, 3.8) is 0 Å². The van der Waals surface area contributed by atoms with Gasteiger partial charge in [-0.2, -0.15) is 0 Å². The van der Waals surface area contributed by atoms with Crippen LogP contribution in [0, 0.1) is 5.82 Å². The van der Waals surface area contributed by atoms with E-state index in [-0.39, 0.29) is 29.0 Å². The molecule has 1 atom stereocenters. The van der Waals surface area contributed by atoms with Crippen molar-refractivity contribution in [2.45, 2.75) is 32.4 Å². The zero-order chi connectivity index (χ0) is 22.8. The van der Waals surface area contributed by atoms with Crippen LogP contribution in [0.5, 0.6) is 5.75 Å².